The van der Waals surface area contributed by atoms with Gasteiger partial charge >= 0.3 is 5.97 Å². The molecule has 0 atom stereocenters. The molecular formula is C26H46O4. The summed E-state index contributed by atoms with van der Waals surface area (Å²) < 4.78 is 26.9. The lowest BCUT2D eigenvalue weighted by molar-refractivity contribution is -0.435. The molecule has 0 radical (unpaired) electrons. The Bertz CT molecular complexity index is 407. The van der Waals surface area contributed by atoms with Gasteiger partial charge in [-0.1, -0.05) is 77.0 Å². The molecule has 174 valence electrons. The molecule has 4 nitrogen and oxygen atoms in total. The van der Waals surface area contributed by atoms with E-state index in [0.717, 1.165) is 38.5 Å². The second-order valence-corrected chi connectivity index (χ2v) is 10.4. The molecule has 0 N–H and O–H groups in total. The highest BCUT2D eigenvalue weighted by Gasteiger charge is 2.43. The van der Waals surface area contributed by atoms with Crippen LogP contribution < -0.4 is 0 Å². The fourth-order valence-electron chi connectivity index (χ4n) is 5.95. The van der Waals surface area contributed by atoms with Crippen molar-refractivity contribution < 1.29 is 18.9 Å². The van der Waals surface area contributed by atoms with Crippen LogP contribution >= 0.6 is 0 Å². The summed E-state index contributed by atoms with van der Waals surface area (Å²) >= 11 is 0. The molecule has 4 saturated carbocycles. The molecule has 30 heavy (non-hydrogen) atoms. The predicted molar refractivity (Wildman–Crippen MR) is 119 cm³/mol. The summed E-state index contributed by atoms with van der Waals surface area (Å²) in [5.74, 6) is -0.997. The highest BCUT2D eigenvalue weighted by molar-refractivity contribution is 4.77. The van der Waals surface area contributed by atoms with Crippen molar-refractivity contribution in [3.05, 3.63) is 0 Å². The molecule has 0 bridgehead atoms. The topological polar surface area (TPSA) is 36.9 Å². The maximum absolute atomic E-state index is 6.81. The molecule has 4 aliphatic carbocycles. The highest BCUT2D eigenvalue weighted by atomic mass is 16.9. The van der Waals surface area contributed by atoms with Gasteiger partial charge in [0, 0.05) is 0 Å². The van der Waals surface area contributed by atoms with Crippen LogP contribution in [-0.4, -0.2) is 37.0 Å². The number of ether oxygens (including phenoxy) is 4. The molecule has 0 spiro atoms. The van der Waals surface area contributed by atoms with E-state index >= 15 is 0 Å². The van der Waals surface area contributed by atoms with Crippen LogP contribution in [0.5, 0.6) is 0 Å². The van der Waals surface area contributed by atoms with Gasteiger partial charge in [0.1, 0.15) is 6.61 Å². The van der Waals surface area contributed by atoms with Gasteiger partial charge < -0.3 is 18.9 Å². The van der Waals surface area contributed by atoms with Crippen molar-refractivity contribution in [3.63, 3.8) is 0 Å². The zero-order valence-corrected chi connectivity index (χ0v) is 19.3. The van der Waals surface area contributed by atoms with Crippen LogP contribution in [0.15, 0.2) is 0 Å². The first-order valence-electron chi connectivity index (χ1n) is 13.5. The molecule has 4 fully saturated rings. The van der Waals surface area contributed by atoms with E-state index in [0.29, 0.717) is 12.7 Å². The molecule has 0 aromatic heterocycles. The lowest BCUT2D eigenvalue weighted by Crippen LogP contribution is -2.52. The lowest BCUT2D eigenvalue weighted by Gasteiger charge is -2.43. The van der Waals surface area contributed by atoms with Crippen molar-refractivity contribution in [2.45, 2.75) is 159 Å². The molecular weight excluding hydrogens is 376 g/mol. The van der Waals surface area contributed by atoms with Gasteiger partial charge in [-0.15, -0.1) is 0 Å². The summed E-state index contributed by atoms with van der Waals surface area (Å²) in [6.45, 7) is 0.446. The largest absolute Gasteiger partial charge is 0.370 e. The Morgan fingerprint density at radius 2 is 0.700 bits per heavy atom. The van der Waals surface area contributed by atoms with Gasteiger partial charge in [0.2, 0.25) is 0 Å². The summed E-state index contributed by atoms with van der Waals surface area (Å²) in [5, 5.41) is 0. The summed E-state index contributed by atoms with van der Waals surface area (Å²) in [6.07, 6.45) is 25.7. The standard InChI is InChI=1S/C26H46O4/c1-5-13-22(14-6-1)27-21-26(28-23-15-7-2-8-16-23,29-24-17-9-3-10-18-24)30-25-19-11-4-12-20-25/h22-25H,1-21H2. The average molecular weight is 423 g/mol. The van der Waals surface area contributed by atoms with E-state index in [1.807, 2.05) is 0 Å². The van der Waals surface area contributed by atoms with E-state index in [1.165, 1.54) is 89.9 Å². The molecule has 0 heterocycles. The molecule has 0 aromatic rings. The summed E-state index contributed by atoms with van der Waals surface area (Å²) in [4.78, 5) is 0. The quantitative estimate of drug-likeness (QED) is 0.373. The van der Waals surface area contributed by atoms with Crippen LogP contribution in [0.4, 0.5) is 0 Å². The Hall–Kier alpha value is -0.160. The summed E-state index contributed by atoms with van der Waals surface area (Å²) in [5.41, 5.74) is 0. The molecule has 4 heteroatoms. The van der Waals surface area contributed by atoms with Gasteiger partial charge in [0.05, 0.1) is 24.4 Å². The number of hydrogen-bond donors (Lipinski definition) is 0. The third kappa shape index (κ3) is 7.18. The van der Waals surface area contributed by atoms with Crippen LogP contribution in [0.2, 0.25) is 0 Å². The van der Waals surface area contributed by atoms with Crippen LogP contribution in [-0.2, 0) is 18.9 Å². The number of hydrogen-bond acceptors (Lipinski definition) is 4. The molecule has 0 unspecified atom stereocenters. The van der Waals surface area contributed by atoms with E-state index < -0.39 is 5.97 Å². The Morgan fingerprint density at radius 3 is 1.03 bits per heavy atom. The fraction of sp³-hybridized carbons (Fsp3) is 1.00. The normalized spacial score (nSPS) is 26.8. The molecule has 4 aliphatic rings. The molecule has 4 rings (SSSR count). The minimum absolute atomic E-state index is 0.251. The van der Waals surface area contributed by atoms with Gasteiger partial charge in [-0.25, -0.2) is 0 Å². The summed E-state index contributed by atoms with van der Waals surface area (Å²) in [7, 11) is 0. The van der Waals surface area contributed by atoms with E-state index in [2.05, 4.69) is 0 Å². The second-order valence-electron chi connectivity index (χ2n) is 10.4. The maximum Gasteiger partial charge on any atom is 0.308 e. The third-order valence-electron chi connectivity index (χ3n) is 7.74. The number of rotatable bonds is 9. The van der Waals surface area contributed by atoms with Crippen molar-refractivity contribution in [1.82, 2.24) is 0 Å². The lowest BCUT2D eigenvalue weighted by atomic mass is 9.96. The van der Waals surface area contributed by atoms with Gasteiger partial charge in [-0.2, -0.15) is 0 Å². The van der Waals surface area contributed by atoms with Crippen molar-refractivity contribution in [1.29, 1.82) is 0 Å². The smallest absolute Gasteiger partial charge is 0.308 e. The van der Waals surface area contributed by atoms with Crippen LogP contribution in [0.3, 0.4) is 0 Å². The molecule has 0 amide bonds. The van der Waals surface area contributed by atoms with Crippen LogP contribution in [0.1, 0.15) is 128 Å². The van der Waals surface area contributed by atoms with Crippen molar-refractivity contribution in [2.75, 3.05) is 6.61 Å². The fourth-order valence-corrected chi connectivity index (χ4v) is 5.95. The van der Waals surface area contributed by atoms with Gasteiger partial charge in [-0.3, -0.25) is 0 Å². The Balaban J connectivity index is 1.48. The van der Waals surface area contributed by atoms with E-state index in [4.69, 9.17) is 18.9 Å². The minimum atomic E-state index is -0.997. The van der Waals surface area contributed by atoms with E-state index in [-0.39, 0.29) is 18.3 Å². The molecule has 0 aliphatic heterocycles. The zero-order valence-electron chi connectivity index (χ0n) is 19.3. The van der Waals surface area contributed by atoms with Crippen LogP contribution in [0.25, 0.3) is 0 Å². The zero-order chi connectivity index (χ0) is 20.5. The van der Waals surface area contributed by atoms with Gasteiger partial charge in [-0.05, 0) is 51.4 Å². The minimum Gasteiger partial charge on any atom is -0.370 e. The van der Waals surface area contributed by atoms with Crippen LogP contribution in [0, 0.1) is 0 Å². The van der Waals surface area contributed by atoms with E-state index in [1.54, 1.807) is 0 Å². The monoisotopic (exact) mass is 422 g/mol. The Labute approximate surface area is 184 Å². The van der Waals surface area contributed by atoms with Crippen molar-refractivity contribution >= 4 is 0 Å². The predicted octanol–water partition coefficient (Wildman–Crippen LogP) is 7.04. The van der Waals surface area contributed by atoms with E-state index in [9.17, 15) is 0 Å². The third-order valence-corrected chi connectivity index (χ3v) is 7.74. The Kier molecular flexibility index (Phi) is 9.34. The first-order chi connectivity index (χ1) is 14.8. The SMILES string of the molecule is C1CCC(OCC(OC2CCCCC2)(OC2CCCCC2)OC2CCCCC2)CC1. The molecule has 0 aromatic carbocycles. The maximum atomic E-state index is 6.81. The van der Waals surface area contributed by atoms with Gasteiger partial charge in [0.15, 0.2) is 0 Å². The first kappa shape index (κ1) is 23.0. The highest BCUT2D eigenvalue weighted by Crippen LogP contribution is 2.35. The average Bonchev–Trinajstić information content (AvgIpc) is 2.80. The summed E-state index contributed by atoms with van der Waals surface area (Å²) in [6, 6.07) is 0. The van der Waals surface area contributed by atoms with Crippen molar-refractivity contribution in [2.24, 2.45) is 0 Å². The van der Waals surface area contributed by atoms with Crippen molar-refractivity contribution in [3.8, 4) is 0 Å². The van der Waals surface area contributed by atoms with Gasteiger partial charge in [0.25, 0.3) is 0 Å². The second kappa shape index (κ2) is 12.2. The molecule has 0 saturated heterocycles. The first-order valence-corrected chi connectivity index (χ1v) is 13.5. The Morgan fingerprint density at radius 1 is 0.400 bits per heavy atom.